The Kier molecular flexibility index (Phi) is 5.59. The summed E-state index contributed by atoms with van der Waals surface area (Å²) in [4.78, 5) is 20.7. The molecule has 0 aliphatic carbocycles. The molecule has 0 heterocycles. The number of rotatable bonds is 7. The quantitative estimate of drug-likeness (QED) is 0.340. The molecule has 0 aromatic heterocycles. The molecule has 1 N–H and O–H groups in total. The van der Waals surface area contributed by atoms with Gasteiger partial charge >= 0.3 is 5.97 Å². The molecule has 1 aromatic carbocycles. The predicted octanol–water partition coefficient (Wildman–Crippen LogP) is 1.20. The average molecular weight is 254 g/mol. The molecule has 0 bridgehead atoms. The van der Waals surface area contributed by atoms with E-state index in [0.29, 0.717) is 13.2 Å². The van der Waals surface area contributed by atoms with Crippen molar-refractivity contribution in [1.82, 2.24) is 0 Å². The second-order valence-corrected chi connectivity index (χ2v) is 3.36. The molecule has 98 valence electrons. The van der Waals surface area contributed by atoms with Crippen LogP contribution in [0.15, 0.2) is 24.3 Å². The standard InChI is InChI=1S/C11H14N2O5/c1-17-11(14)8-18-7-6-12-9-2-4-10(5-3-9)13(15)16/h2-5,12H,6-8H2,1H3. The minimum absolute atomic E-state index is 0.0440. The van der Waals surface area contributed by atoms with E-state index in [1.54, 1.807) is 12.1 Å². The lowest BCUT2D eigenvalue weighted by atomic mass is 10.3. The zero-order valence-corrected chi connectivity index (χ0v) is 9.92. The molecular formula is C11H14N2O5. The monoisotopic (exact) mass is 254 g/mol. The van der Waals surface area contributed by atoms with Gasteiger partial charge in [0.1, 0.15) is 6.61 Å². The van der Waals surface area contributed by atoms with Crippen LogP contribution in [0, 0.1) is 10.1 Å². The second-order valence-electron chi connectivity index (χ2n) is 3.36. The maximum atomic E-state index is 10.7. The summed E-state index contributed by atoms with van der Waals surface area (Å²) in [6, 6.07) is 6.05. The summed E-state index contributed by atoms with van der Waals surface area (Å²) < 4.78 is 9.43. The second kappa shape index (κ2) is 7.23. The van der Waals surface area contributed by atoms with E-state index in [-0.39, 0.29) is 12.3 Å². The van der Waals surface area contributed by atoms with E-state index in [2.05, 4.69) is 10.1 Å². The van der Waals surface area contributed by atoms with Crippen LogP contribution in [0.5, 0.6) is 0 Å². The number of nitro benzene ring substituents is 1. The molecule has 0 saturated carbocycles. The molecule has 7 nitrogen and oxygen atoms in total. The van der Waals surface area contributed by atoms with Crippen LogP contribution < -0.4 is 5.32 Å². The van der Waals surface area contributed by atoms with E-state index >= 15 is 0 Å². The van der Waals surface area contributed by atoms with Crippen molar-refractivity contribution in [2.45, 2.75) is 0 Å². The molecule has 0 saturated heterocycles. The Balaban J connectivity index is 2.23. The third-order valence-electron chi connectivity index (χ3n) is 2.10. The number of nitrogens with one attached hydrogen (secondary N) is 1. The third-order valence-corrected chi connectivity index (χ3v) is 2.10. The number of nitro groups is 1. The summed E-state index contributed by atoms with van der Waals surface area (Å²) in [5.74, 6) is -0.426. The number of methoxy groups -OCH3 is 1. The Labute approximate surface area is 104 Å². The summed E-state index contributed by atoms with van der Waals surface area (Å²) in [5.41, 5.74) is 0.796. The highest BCUT2D eigenvalue weighted by Gasteiger charge is 2.03. The number of nitrogens with zero attached hydrogens (tertiary/aromatic N) is 1. The van der Waals surface area contributed by atoms with Crippen LogP contribution in [0.4, 0.5) is 11.4 Å². The van der Waals surface area contributed by atoms with Crippen LogP contribution in [0.1, 0.15) is 0 Å². The minimum Gasteiger partial charge on any atom is -0.467 e. The lowest BCUT2D eigenvalue weighted by molar-refractivity contribution is -0.384. The predicted molar refractivity (Wildman–Crippen MR) is 64.4 cm³/mol. The van der Waals surface area contributed by atoms with Gasteiger partial charge in [0.05, 0.1) is 18.6 Å². The van der Waals surface area contributed by atoms with Gasteiger partial charge in [0.15, 0.2) is 0 Å². The van der Waals surface area contributed by atoms with Gasteiger partial charge in [-0.3, -0.25) is 10.1 Å². The normalized spacial score (nSPS) is 9.83. The van der Waals surface area contributed by atoms with Crippen molar-refractivity contribution in [1.29, 1.82) is 0 Å². The fourth-order valence-electron chi connectivity index (χ4n) is 1.18. The van der Waals surface area contributed by atoms with Crippen LogP contribution in [0.25, 0.3) is 0 Å². The smallest absolute Gasteiger partial charge is 0.331 e. The van der Waals surface area contributed by atoms with Gasteiger partial charge < -0.3 is 14.8 Å². The van der Waals surface area contributed by atoms with Gasteiger partial charge in [0.2, 0.25) is 0 Å². The van der Waals surface area contributed by atoms with Crippen LogP contribution >= 0.6 is 0 Å². The van der Waals surface area contributed by atoms with Crippen molar-refractivity contribution in [3.8, 4) is 0 Å². The van der Waals surface area contributed by atoms with Crippen LogP contribution in [-0.2, 0) is 14.3 Å². The van der Waals surface area contributed by atoms with Gasteiger partial charge in [-0.1, -0.05) is 0 Å². The van der Waals surface area contributed by atoms with Crippen molar-refractivity contribution in [3.63, 3.8) is 0 Å². The molecule has 7 heteroatoms. The van der Waals surface area contributed by atoms with Gasteiger partial charge in [-0.25, -0.2) is 4.79 Å². The Morgan fingerprint density at radius 2 is 2.06 bits per heavy atom. The highest BCUT2D eigenvalue weighted by molar-refractivity contribution is 5.70. The number of non-ortho nitro benzene ring substituents is 1. The van der Waals surface area contributed by atoms with Crippen LogP contribution in [-0.4, -0.2) is 37.8 Å². The number of carbonyl (C=O) groups is 1. The molecular weight excluding hydrogens is 240 g/mol. The summed E-state index contributed by atoms with van der Waals surface area (Å²) in [7, 11) is 1.29. The number of ether oxygens (including phenoxy) is 2. The zero-order chi connectivity index (χ0) is 13.4. The highest BCUT2D eigenvalue weighted by atomic mass is 16.6. The van der Waals surface area contributed by atoms with Gasteiger partial charge in [-0.2, -0.15) is 0 Å². The van der Waals surface area contributed by atoms with E-state index in [9.17, 15) is 14.9 Å². The first-order chi connectivity index (χ1) is 8.63. The molecule has 0 unspecified atom stereocenters. The molecule has 0 atom stereocenters. The molecule has 0 aliphatic heterocycles. The fraction of sp³-hybridized carbons (Fsp3) is 0.364. The molecule has 0 radical (unpaired) electrons. The Morgan fingerprint density at radius 3 is 2.61 bits per heavy atom. The van der Waals surface area contributed by atoms with Crippen LogP contribution in [0.2, 0.25) is 0 Å². The van der Waals surface area contributed by atoms with E-state index in [0.717, 1.165) is 5.69 Å². The Hall–Kier alpha value is -2.15. The van der Waals surface area contributed by atoms with E-state index in [1.807, 2.05) is 0 Å². The van der Waals surface area contributed by atoms with Crippen LogP contribution in [0.3, 0.4) is 0 Å². The van der Waals surface area contributed by atoms with Gasteiger partial charge in [0, 0.05) is 24.4 Å². The van der Waals surface area contributed by atoms with E-state index < -0.39 is 10.9 Å². The number of anilines is 1. The fourth-order valence-corrected chi connectivity index (χ4v) is 1.18. The van der Waals surface area contributed by atoms with Gasteiger partial charge in [0.25, 0.3) is 5.69 Å². The number of carbonyl (C=O) groups excluding carboxylic acids is 1. The molecule has 1 aromatic rings. The first-order valence-corrected chi connectivity index (χ1v) is 5.26. The largest absolute Gasteiger partial charge is 0.467 e. The SMILES string of the molecule is COC(=O)COCCNc1ccc([N+](=O)[O-])cc1. The maximum absolute atomic E-state index is 10.7. The topological polar surface area (TPSA) is 90.7 Å². The molecule has 18 heavy (non-hydrogen) atoms. The number of hydrogen-bond donors (Lipinski definition) is 1. The molecule has 0 aliphatic rings. The van der Waals surface area contributed by atoms with Crippen molar-refractivity contribution >= 4 is 17.3 Å². The van der Waals surface area contributed by atoms with Gasteiger partial charge in [-0.05, 0) is 12.1 Å². The third kappa shape index (κ3) is 4.79. The number of benzene rings is 1. The van der Waals surface area contributed by atoms with E-state index in [4.69, 9.17) is 4.74 Å². The lowest BCUT2D eigenvalue weighted by Crippen LogP contribution is -2.15. The van der Waals surface area contributed by atoms with E-state index in [1.165, 1.54) is 19.2 Å². The van der Waals surface area contributed by atoms with Crippen molar-refractivity contribution in [3.05, 3.63) is 34.4 Å². The maximum Gasteiger partial charge on any atom is 0.331 e. The molecule has 1 rings (SSSR count). The number of esters is 1. The highest BCUT2D eigenvalue weighted by Crippen LogP contribution is 2.14. The summed E-state index contributed by atoms with van der Waals surface area (Å²) >= 11 is 0. The van der Waals surface area contributed by atoms with Crippen molar-refractivity contribution in [2.24, 2.45) is 0 Å². The minimum atomic E-state index is -0.455. The Morgan fingerprint density at radius 1 is 1.39 bits per heavy atom. The zero-order valence-electron chi connectivity index (χ0n) is 9.92. The summed E-state index contributed by atoms with van der Waals surface area (Å²) in [5, 5.41) is 13.4. The van der Waals surface area contributed by atoms with Crippen molar-refractivity contribution in [2.75, 3.05) is 32.2 Å². The summed E-state index contributed by atoms with van der Waals surface area (Å²) in [6.07, 6.45) is 0. The molecule has 0 spiro atoms. The number of hydrogen-bond acceptors (Lipinski definition) is 6. The molecule has 0 fully saturated rings. The average Bonchev–Trinajstić information content (AvgIpc) is 2.38. The summed E-state index contributed by atoms with van der Waals surface area (Å²) in [6.45, 7) is 0.749. The lowest BCUT2D eigenvalue weighted by Gasteiger charge is -2.06. The Bertz CT molecular complexity index is 404. The van der Waals surface area contributed by atoms with Crippen molar-refractivity contribution < 1.29 is 19.2 Å². The first-order valence-electron chi connectivity index (χ1n) is 5.26. The first kappa shape index (κ1) is 13.9. The van der Waals surface area contributed by atoms with Gasteiger partial charge in [-0.15, -0.1) is 0 Å². The molecule has 0 amide bonds.